The predicted octanol–water partition coefficient (Wildman–Crippen LogP) is 5.86. The lowest BCUT2D eigenvalue weighted by molar-refractivity contribution is 0.129. The van der Waals surface area contributed by atoms with E-state index in [2.05, 4.69) is 17.1 Å². The summed E-state index contributed by atoms with van der Waals surface area (Å²) in [6, 6.07) is 18.0. The Balaban J connectivity index is 1.21. The van der Waals surface area contributed by atoms with E-state index in [0.29, 0.717) is 11.7 Å². The third-order valence-electron chi connectivity index (χ3n) is 5.90. The van der Waals surface area contributed by atoms with E-state index >= 15 is 0 Å². The number of ether oxygens (including phenoxy) is 1. The van der Waals surface area contributed by atoms with Crippen molar-refractivity contribution in [1.82, 2.24) is 9.88 Å². The maximum absolute atomic E-state index is 12.6. The quantitative estimate of drug-likeness (QED) is 0.497. The molecule has 4 rings (SSSR count). The Hall–Kier alpha value is -2.88. The number of carbonyl (C=O) groups is 1. The number of pyridine rings is 1. The second-order valence-electron chi connectivity index (χ2n) is 7.88. The first-order valence-electron chi connectivity index (χ1n) is 10.6. The number of fused-ring (bicyclic) bond motifs is 1. The third-order valence-corrected chi connectivity index (χ3v) is 5.90. The average molecular weight is 389 g/mol. The minimum atomic E-state index is -0.225. The zero-order chi connectivity index (χ0) is 19.9. The highest BCUT2D eigenvalue weighted by Crippen LogP contribution is 2.27. The number of hydrogen-bond donors (Lipinski definition) is 0. The van der Waals surface area contributed by atoms with Crippen molar-refractivity contribution >= 4 is 16.9 Å². The summed E-state index contributed by atoms with van der Waals surface area (Å²) in [7, 11) is 0. The molecule has 2 heterocycles. The van der Waals surface area contributed by atoms with Crippen LogP contribution >= 0.6 is 0 Å². The second kappa shape index (κ2) is 9.55. The molecule has 1 aliphatic heterocycles. The number of carbonyl (C=O) groups excluding carboxylic acids is 1. The smallest absolute Gasteiger partial charge is 0.410 e. The summed E-state index contributed by atoms with van der Waals surface area (Å²) in [6.07, 6.45) is 10.5. The van der Waals surface area contributed by atoms with Gasteiger partial charge in [0.05, 0.1) is 0 Å². The van der Waals surface area contributed by atoms with Crippen molar-refractivity contribution in [3.05, 3.63) is 72.6 Å². The van der Waals surface area contributed by atoms with Crippen LogP contribution in [0.25, 0.3) is 10.8 Å². The Morgan fingerprint density at radius 1 is 0.966 bits per heavy atom. The Morgan fingerprint density at radius 2 is 1.72 bits per heavy atom. The molecule has 2 aromatic carbocycles. The monoisotopic (exact) mass is 388 g/mol. The van der Waals surface area contributed by atoms with Crippen LogP contribution in [-0.4, -0.2) is 29.1 Å². The van der Waals surface area contributed by atoms with Crippen LogP contribution in [0.3, 0.4) is 0 Å². The van der Waals surface area contributed by atoms with Crippen LogP contribution in [0, 0.1) is 5.92 Å². The molecule has 0 saturated carbocycles. The van der Waals surface area contributed by atoms with Crippen molar-refractivity contribution < 1.29 is 9.53 Å². The number of aryl methyl sites for hydroxylation is 1. The molecule has 1 aliphatic rings. The molecule has 150 valence electrons. The molecule has 3 aromatic rings. The molecule has 0 N–H and O–H groups in total. The summed E-state index contributed by atoms with van der Waals surface area (Å²) in [6.45, 7) is 1.58. The van der Waals surface area contributed by atoms with Crippen LogP contribution in [0.1, 0.15) is 37.7 Å². The van der Waals surface area contributed by atoms with Crippen molar-refractivity contribution in [2.45, 2.75) is 38.5 Å². The maximum Gasteiger partial charge on any atom is 0.415 e. The summed E-state index contributed by atoms with van der Waals surface area (Å²) < 4.78 is 5.73. The summed E-state index contributed by atoms with van der Waals surface area (Å²) in [5, 5.41) is 2.07. The SMILES string of the molecule is O=C(Oc1cccc2ccccc12)N1CCC(CCCCc2ccncc2)CC1. The Bertz CT molecular complexity index is 928. The lowest BCUT2D eigenvalue weighted by Gasteiger charge is -2.31. The molecule has 0 aliphatic carbocycles. The first-order chi connectivity index (χ1) is 14.3. The van der Waals surface area contributed by atoms with Gasteiger partial charge in [-0.3, -0.25) is 4.98 Å². The minimum absolute atomic E-state index is 0.225. The third kappa shape index (κ3) is 5.14. The van der Waals surface area contributed by atoms with Gasteiger partial charge < -0.3 is 9.64 Å². The van der Waals surface area contributed by atoms with Gasteiger partial charge >= 0.3 is 6.09 Å². The van der Waals surface area contributed by atoms with E-state index in [9.17, 15) is 4.79 Å². The van der Waals surface area contributed by atoms with E-state index in [1.807, 2.05) is 59.8 Å². The first kappa shape index (κ1) is 19.4. The van der Waals surface area contributed by atoms with E-state index in [4.69, 9.17) is 4.74 Å². The highest BCUT2D eigenvalue weighted by atomic mass is 16.6. The van der Waals surface area contributed by atoms with Crippen LogP contribution in [0.5, 0.6) is 5.75 Å². The Morgan fingerprint density at radius 3 is 2.55 bits per heavy atom. The van der Waals surface area contributed by atoms with Crippen LogP contribution in [0.4, 0.5) is 4.79 Å². The van der Waals surface area contributed by atoms with Gasteiger partial charge in [-0.05, 0) is 60.7 Å². The van der Waals surface area contributed by atoms with Gasteiger partial charge in [0, 0.05) is 30.9 Å². The molecule has 0 radical (unpaired) electrons. The largest absolute Gasteiger partial charge is 0.415 e. The Kier molecular flexibility index (Phi) is 6.40. The molecule has 0 spiro atoms. The van der Waals surface area contributed by atoms with Crippen LogP contribution in [-0.2, 0) is 6.42 Å². The number of benzene rings is 2. The molecule has 0 unspecified atom stereocenters. The molecule has 1 amide bonds. The second-order valence-corrected chi connectivity index (χ2v) is 7.88. The van der Waals surface area contributed by atoms with Gasteiger partial charge in [0.2, 0.25) is 0 Å². The fourth-order valence-corrected chi connectivity index (χ4v) is 4.16. The summed E-state index contributed by atoms with van der Waals surface area (Å²) in [4.78, 5) is 18.6. The van der Waals surface area contributed by atoms with Crippen molar-refractivity contribution in [1.29, 1.82) is 0 Å². The van der Waals surface area contributed by atoms with Crippen LogP contribution in [0.15, 0.2) is 67.0 Å². The number of unbranched alkanes of at least 4 members (excludes halogenated alkanes) is 1. The summed E-state index contributed by atoms with van der Waals surface area (Å²) in [5.41, 5.74) is 1.37. The molecule has 4 heteroatoms. The van der Waals surface area contributed by atoms with Crippen molar-refractivity contribution in [2.75, 3.05) is 13.1 Å². The summed E-state index contributed by atoms with van der Waals surface area (Å²) in [5.74, 6) is 1.36. The first-order valence-corrected chi connectivity index (χ1v) is 10.6. The number of hydrogen-bond acceptors (Lipinski definition) is 3. The zero-order valence-corrected chi connectivity index (χ0v) is 16.8. The number of rotatable bonds is 6. The van der Waals surface area contributed by atoms with E-state index in [1.165, 1.54) is 24.8 Å². The minimum Gasteiger partial charge on any atom is -0.410 e. The standard InChI is InChI=1S/C25H28N2O2/c28-25(29-24-11-5-9-22-8-3-4-10-23(22)24)27-18-14-21(15-19-27)7-2-1-6-20-12-16-26-17-13-20/h3-5,8-13,16-17,21H,1-2,6-7,14-15,18-19H2. The van der Waals surface area contributed by atoms with Gasteiger partial charge in [-0.1, -0.05) is 49.2 Å². The normalized spacial score (nSPS) is 14.8. The van der Waals surface area contributed by atoms with E-state index in [0.717, 1.165) is 43.1 Å². The number of piperidine rings is 1. The van der Waals surface area contributed by atoms with Gasteiger partial charge in [0.25, 0.3) is 0 Å². The lowest BCUT2D eigenvalue weighted by atomic mass is 9.91. The molecular weight excluding hydrogens is 360 g/mol. The van der Waals surface area contributed by atoms with E-state index in [-0.39, 0.29) is 6.09 Å². The highest BCUT2D eigenvalue weighted by Gasteiger charge is 2.24. The fourth-order valence-electron chi connectivity index (χ4n) is 4.16. The number of nitrogens with zero attached hydrogens (tertiary/aromatic N) is 2. The van der Waals surface area contributed by atoms with Crippen LogP contribution < -0.4 is 4.74 Å². The van der Waals surface area contributed by atoms with Gasteiger partial charge in [-0.25, -0.2) is 4.79 Å². The average Bonchev–Trinajstić information content (AvgIpc) is 2.78. The topological polar surface area (TPSA) is 42.4 Å². The van der Waals surface area contributed by atoms with Crippen molar-refractivity contribution in [3.63, 3.8) is 0 Å². The molecular formula is C25H28N2O2. The molecule has 4 nitrogen and oxygen atoms in total. The molecule has 0 atom stereocenters. The highest BCUT2D eigenvalue weighted by molar-refractivity contribution is 5.90. The van der Waals surface area contributed by atoms with Gasteiger partial charge in [-0.15, -0.1) is 0 Å². The fraction of sp³-hybridized carbons (Fsp3) is 0.360. The predicted molar refractivity (Wildman–Crippen MR) is 116 cm³/mol. The maximum atomic E-state index is 12.6. The van der Waals surface area contributed by atoms with Crippen molar-refractivity contribution in [2.24, 2.45) is 5.92 Å². The van der Waals surface area contributed by atoms with Gasteiger partial charge in [-0.2, -0.15) is 0 Å². The Labute approximate surface area is 172 Å². The molecule has 1 saturated heterocycles. The molecule has 29 heavy (non-hydrogen) atoms. The van der Waals surface area contributed by atoms with Crippen LogP contribution in [0.2, 0.25) is 0 Å². The van der Waals surface area contributed by atoms with Crippen molar-refractivity contribution in [3.8, 4) is 5.75 Å². The molecule has 1 aromatic heterocycles. The zero-order valence-electron chi connectivity index (χ0n) is 16.8. The number of aromatic nitrogens is 1. The van der Waals surface area contributed by atoms with E-state index in [1.54, 1.807) is 0 Å². The van der Waals surface area contributed by atoms with E-state index < -0.39 is 0 Å². The summed E-state index contributed by atoms with van der Waals surface area (Å²) >= 11 is 0. The van der Waals surface area contributed by atoms with Gasteiger partial charge in [0.15, 0.2) is 0 Å². The van der Waals surface area contributed by atoms with Gasteiger partial charge in [0.1, 0.15) is 5.75 Å². The molecule has 1 fully saturated rings. The number of amides is 1. The number of likely N-dealkylation sites (tertiary alicyclic amines) is 1. The molecule has 0 bridgehead atoms. The lowest BCUT2D eigenvalue weighted by Crippen LogP contribution is -2.40.